The maximum Gasteiger partial charge on any atom is 0.355 e. The van der Waals surface area contributed by atoms with Crippen molar-refractivity contribution in [1.29, 1.82) is 0 Å². The third-order valence-corrected chi connectivity index (χ3v) is 9.97. The molecule has 4 aliphatic rings. The number of methoxy groups -OCH3 is 1. The molecule has 4 bridgehead atoms. The largest absolute Gasteiger partial charge is 0.459 e. The lowest BCUT2D eigenvalue weighted by Gasteiger charge is -2.51. The summed E-state index contributed by atoms with van der Waals surface area (Å²) >= 11 is 0. The van der Waals surface area contributed by atoms with Crippen molar-refractivity contribution in [2.75, 3.05) is 13.7 Å². The van der Waals surface area contributed by atoms with Crippen LogP contribution in [0.5, 0.6) is 0 Å². The van der Waals surface area contributed by atoms with Crippen LogP contribution in [0.15, 0.2) is 30.0 Å². The number of carbonyl (C=O) groups excluding carboxylic acids is 2. The van der Waals surface area contributed by atoms with Gasteiger partial charge in [0, 0.05) is 37.0 Å². The summed E-state index contributed by atoms with van der Waals surface area (Å²) in [4.78, 5) is 29.6. The second-order valence-corrected chi connectivity index (χ2v) is 11.9. The van der Waals surface area contributed by atoms with Gasteiger partial charge in [-0.1, -0.05) is 26.8 Å². The Labute approximate surface area is 230 Å². The van der Waals surface area contributed by atoms with E-state index in [9.17, 15) is 19.8 Å². The third-order valence-electron chi connectivity index (χ3n) is 9.97. The first kappa shape index (κ1) is 28.3. The van der Waals surface area contributed by atoms with Crippen molar-refractivity contribution in [3.05, 3.63) is 35.7 Å². The van der Waals surface area contributed by atoms with Gasteiger partial charge in [-0.3, -0.25) is 4.79 Å². The molecule has 0 amide bonds. The number of carbonyl (C=O) groups is 2. The van der Waals surface area contributed by atoms with E-state index in [0.717, 1.165) is 18.4 Å². The molecule has 0 aromatic carbocycles. The molecule has 2 saturated carbocycles. The third kappa shape index (κ3) is 4.46. The van der Waals surface area contributed by atoms with Crippen LogP contribution in [0.2, 0.25) is 0 Å². The van der Waals surface area contributed by atoms with Crippen molar-refractivity contribution in [2.24, 2.45) is 35.5 Å². The van der Waals surface area contributed by atoms with Gasteiger partial charge in [0.25, 0.3) is 0 Å². The normalized spacial score (nSPS) is 43.7. The van der Waals surface area contributed by atoms with E-state index in [1.807, 2.05) is 27.7 Å². The zero-order chi connectivity index (χ0) is 28.1. The molecule has 216 valence electrons. The number of cyclic esters (lactones) is 1. The fourth-order valence-corrected chi connectivity index (χ4v) is 8.26. The summed E-state index contributed by atoms with van der Waals surface area (Å²) in [6.07, 6.45) is 2.72. The number of hydrogen-bond donors (Lipinski definition) is 3. The van der Waals surface area contributed by atoms with E-state index in [4.69, 9.17) is 18.9 Å². The van der Waals surface area contributed by atoms with E-state index in [-0.39, 0.29) is 36.2 Å². The average Bonchev–Trinajstić information content (AvgIpc) is 3.52. The van der Waals surface area contributed by atoms with E-state index < -0.39 is 53.9 Å². The van der Waals surface area contributed by atoms with Crippen molar-refractivity contribution in [2.45, 2.75) is 89.5 Å². The second-order valence-electron chi connectivity index (χ2n) is 11.9. The van der Waals surface area contributed by atoms with Gasteiger partial charge in [-0.2, -0.15) is 0 Å². The summed E-state index contributed by atoms with van der Waals surface area (Å²) in [5, 5.41) is 22.8. The molecule has 0 radical (unpaired) electrons. The first-order valence-electron chi connectivity index (χ1n) is 14.5. The maximum absolute atomic E-state index is 13.7. The van der Waals surface area contributed by atoms with Gasteiger partial charge in [-0.05, 0) is 56.2 Å². The standard InChI is InChI=1S/C30H43NO8/c1-6-17-20-11-10-18-23-24(33)19(14-36-5)26(38-29(35)21-9-8-12-31-21)27(18)39-30(20,23)16(4)13-15(3)25(22(32)7-2)37-28(17)34/h8-9,12-13,15,17-20,22-27,31-33H,6-7,10-11,14H2,1-5H3/b16-13+/t15-,17-,18-,19-,20-,22-,23+,24-,25+,26-,27-,30+/m1/s1. The van der Waals surface area contributed by atoms with Crippen LogP contribution in [-0.4, -0.2) is 77.0 Å². The first-order valence-corrected chi connectivity index (χ1v) is 14.5. The highest BCUT2D eigenvalue weighted by Gasteiger charge is 2.71. The van der Waals surface area contributed by atoms with Crippen LogP contribution in [-0.2, 0) is 23.7 Å². The Morgan fingerprint density at radius 3 is 2.72 bits per heavy atom. The minimum Gasteiger partial charge on any atom is -0.459 e. The van der Waals surface area contributed by atoms with E-state index >= 15 is 0 Å². The molecule has 1 saturated heterocycles. The van der Waals surface area contributed by atoms with E-state index in [1.54, 1.807) is 25.4 Å². The summed E-state index contributed by atoms with van der Waals surface area (Å²) < 4.78 is 24.7. The Morgan fingerprint density at radius 1 is 1.31 bits per heavy atom. The number of hydrogen-bond acceptors (Lipinski definition) is 8. The van der Waals surface area contributed by atoms with Crippen LogP contribution >= 0.6 is 0 Å². The number of ether oxygens (including phenoxy) is 4. The molecular weight excluding hydrogens is 502 g/mol. The van der Waals surface area contributed by atoms with Gasteiger partial charge >= 0.3 is 11.9 Å². The van der Waals surface area contributed by atoms with Crippen LogP contribution in [0.4, 0.5) is 0 Å². The molecule has 3 fully saturated rings. The van der Waals surface area contributed by atoms with Gasteiger partial charge < -0.3 is 34.1 Å². The lowest BCUT2D eigenvalue weighted by Crippen LogP contribution is -2.60. The molecule has 1 spiro atoms. The number of rotatable bonds is 7. The summed E-state index contributed by atoms with van der Waals surface area (Å²) in [6, 6.07) is 3.39. The number of aliphatic hydroxyl groups is 2. The smallest absolute Gasteiger partial charge is 0.355 e. The van der Waals surface area contributed by atoms with Crippen molar-refractivity contribution in [3.8, 4) is 0 Å². The Balaban J connectivity index is 1.60. The highest BCUT2D eigenvalue weighted by atomic mass is 16.6. The fourth-order valence-electron chi connectivity index (χ4n) is 8.26. The predicted octanol–water partition coefficient (Wildman–Crippen LogP) is 3.26. The molecule has 2 aliphatic carbocycles. The summed E-state index contributed by atoms with van der Waals surface area (Å²) in [7, 11) is 1.57. The summed E-state index contributed by atoms with van der Waals surface area (Å²) in [6.45, 7) is 8.02. The van der Waals surface area contributed by atoms with Crippen LogP contribution in [0.25, 0.3) is 0 Å². The van der Waals surface area contributed by atoms with Crippen LogP contribution < -0.4 is 0 Å². The SMILES string of the molecule is CC[C@@H](O)[C@H]1OC(=O)[C@H](CC)[C@H]2CC[C@H]3[C@H]4O[C@]2(/C(C)=C/[C@H]1C)[C@@H]3[C@H](O)[C@@H](COC)[C@H]4OC(=O)c1ccc[nH]1. The molecule has 1 aromatic heterocycles. The molecule has 9 nitrogen and oxygen atoms in total. The Bertz CT molecular complexity index is 1070. The Hall–Kier alpha value is -2.20. The molecule has 3 heterocycles. The van der Waals surface area contributed by atoms with E-state index in [1.165, 1.54) is 0 Å². The Morgan fingerprint density at radius 2 is 2.08 bits per heavy atom. The first-order chi connectivity index (χ1) is 18.7. The number of H-pyrrole nitrogens is 1. The zero-order valence-electron chi connectivity index (χ0n) is 23.5. The zero-order valence-corrected chi connectivity index (χ0v) is 23.5. The molecule has 1 aromatic rings. The number of esters is 2. The highest BCUT2D eigenvalue weighted by molar-refractivity contribution is 5.87. The van der Waals surface area contributed by atoms with E-state index in [2.05, 4.69) is 11.1 Å². The summed E-state index contributed by atoms with van der Waals surface area (Å²) in [5.41, 5.74) is 0.349. The van der Waals surface area contributed by atoms with Crippen LogP contribution in [0, 0.1) is 35.5 Å². The Kier molecular flexibility index (Phi) is 7.99. The van der Waals surface area contributed by atoms with Crippen LogP contribution in [0.1, 0.15) is 63.9 Å². The van der Waals surface area contributed by atoms with Crippen molar-refractivity contribution in [1.82, 2.24) is 4.98 Å². The molecule has 9 heteroatoms. The number of aliphatic hydroxyl groups excluding tert-OH is 2. The van der Waals surface area contributed by atoms with E-state index in [0.29, 0.717) is 18.5 Å². The van der Waals surface area contributed by atoms with Crippen molar-refractivity contribution < 1.29 is 38.7 Å². The van der Waals surface area contributed by atoms with Gasteiger partial charge in [0.15, 0.2) is 0 Å². The number of aromatic amines is 1. The molecule has 39 heavy (non-hydrogen) atoms. The van der Waals surface area contributed by atoms with Gasteiger partial charge in [0.1, 0.15) is 17.9 Å². The van der Waals surface area contributed by atoms with Gasteiger partial charge in [0.05, 0.1) is 36.4 Å². The minimum atomic E-state index is -0.924. The molecule has 2 aliphatic heterocycles. The lowest BCUT2D eigenvalue weighted by atomic mass is 9.53. The van der Waals surface area contributed by atoms with Crippen molar-refractivity contribution >= 4 is 11.9 Å². The second kappa shape index (κ2) is 11.0. The predicted molar refractivity (Wildman–Crippen MR) is 142 cm³/mol. The minimum absolute atomic E-state index is 0.0456. The summed E-state index contributed by atoms with van der Waals surface area (Å²) in [5.74, 6) is -2.59. The highest BCUT2D eigenvalue weighted by Crippen LogP contribution is 2.64. The quantitative estimate of drug-likeness (QED) is 0.352. The average molecular weight is 546 g/mol. The number of nitrogens with one attached hydrogen (secondary N) is 1. The molecular formula is C30H43NO8. The van der Waals surface area contributed by atoms with Gasteiger partial charge in [-0.15, -0.1) is 0 Å². The molecule has 0 unspecified atom stereocenters. The van der Waals surface area contributed by atoms with Gasteiger partial charge in [0.2, 0.25) is 0 Å². The monoisotopic (exact) mass is 545 g/mol. The number of aromatic nitrogens is 1. The maximum atomic E-state index is 13.7. The molecule has 12 atom stereocenters. The molecule has 5 rings (SSSR count). The van der Waals surface area contributed by atoms with Crippen LogP contribution in [0.3, 0.4) is 0 Å². The topological polar surface area (TPSA) is 127 Å². The van der Waals surface area contributed by atoms with Gasteiger partial charge in [-0.25, -0.2) is 4.79 Å². The lowest BCUT2D eigenvalue weighted by molar-refractivity contribution is -0.172. The molecule has 3 N–H and O–H groups in total. The van der Waals surface area contributed by atoms with Crippen molar-refractivity contribution in [3.63, 3.8) is 0 Å². The fraction of sp³-hybridized carbons (Fsp3) is 0.733.